The van der Waals surface area contributed by atoms with Gasteiger partial charge in [-0.1, -0.05) is 0 Å². The van der Waals surface area contributed by atoms with Gasteiger partial charge in [0.05, 0.1) is 0 Å². The van der Waals surface area contributed by atoms with Crippen LogP contribution in [0, 0.1) is 6.92 Å². The zero-order chi connectivity index (χ0) is 14.5. The lowest BCUT2D eigenvalue weighted by Gasteiger charge is -2.07. The molecule has 6 heteroatoms. The number of carbonyl (C=O) groups is 1. The van der Waals surface area contributed by atoms with Crippen molar-refractivity contribution in [2.75, 3.05) is 12.3 Å². The molecule has 0 saturated carbocycles. The zero-order valence-electron chi connectivity index (χ0n) is 11.4. The Labute approximate surface area is 122 Å². The highest BCUT2D eigenvalue weighted by Crippen LogP contribution is 2.30. The van der Waals surface area contributed by atoms with Gasteiger partial charge in [0.2, 0.25) is 0 Å². The van der Waals surface area contributed by atoms with Gasteiger partial charge in [-0.2, -0.15) is 0 Å². The number of hydrogen-bond acceptors (Lipinski definition) is 5. The summed E-state index contributed by atoms with van der Waals surface area (Å²) < 4.78 is 0. The van der Waals surface area contributed by atoms with Crippen LogP contribution in [0.4, 0.5) is 5.69 Å². The SMILES string of the molecule is CCNC(=O)c1ccc(Sc2nccc(C)n2)c(N)c1. The Morgan fingerprint density at radius 1 is 1.40 bits per heavy atom. The van der Waals surface area contributed by atoms with Crippen LogP contribution in [0.15, 0.2) is 40.5 Å². The van der Waals surface area contributed by atoms with Gasteiger partial charge in [0.1, 0.15) is 0 Å². The number of carbonyl (C=O) groups excluding carboxylic acids is 1. The van der Waals surface area contributed by atoms with Crippen molar-refractivity contribution in [1.29, 1.82) is 0 Å². The third-order valence-electron chi connectivity index (χ3n) is 2.58. The van der Waals surface area contributed by atoms with E-state index in [0.29, 0.717) is 23.0 Å². The van der Waals surface area contributed by atoms with E-state index in [1.165, 1.54) is 11.8 Å². The van der Waals surface area contributed by atoms with Crippen molar-refractivity contribution in [3.63, 3.8) is 0 Å². The molecule has 0 aliphatic rings. The second kappa shape index (κ2) is 6.38. The number of aryl methyl sites for hydroxylation is 1. The van der Waals surface area contributed by atoms with Crippen molar-refractivity contribution >= 4 is 23.4 Å². The molecule has 20 heavy (non-hydrogen) atoms. The van der Waals surface area contributed by atoms with E-state index in [2.05, 4.69) is 15.3 Å². The highest BCUT2D eigenvalue weighted by molar-refractivity contribution is 7.99. The lowest BCUT2D eigenvalue weighted by molar-refractivity contribution is 0.0956. The molecule has 0 bridgehead atoms. The van der Waals surface area contributed by atoms with Crippen LogP contribution in [0.1, 0.15) is 23.0 Å². The monoisotopic (exact) mass is 288 g/mol. The summed E-state index contributed by atoms with van der Waals surface area (Å²) >= 11 is 1.38. The fourth-order valence-corrected chi connectivity index (χ4v) is 2.43. The number of hydrogen-bond donors (Lipinski definition) is 2. The van der Waals surface area contributed by atoms with E-state index >= 15 is 0 Å². The van der Waals surface area contributed by atoms with Gasteiger partial charge in [0.25, 0.3) is 5.91 Å². The van der Waals surface area contributed by atoms with Gasteiger partial charge in [-0.3, -0.25) is 4.79 Å². The van der Waals surface area contributed by atoms with E-state index < -0.39 is 0 Å². The Kier molecular flexibility index (Phi) is 4.57. The summed E-state index contributed by atoms with van der Waals surface area (Å²) in [5.41, 5.74) is 7.99. The van der Waals surface area contributed by atoms with Crippen molar-refractivity contribution in [3.8, 4) is 0 Å². The topological polar surface area (TPSA) is 80.9 Å². The quantitative estimate of drug-likeness (QED) is 0.666. The average molecular weight is 288 g/mol. The van der Waals surface area contributed by atoms with Crippen molar-refractivity contribution in [1.82, 2.24) is 15.3 Å². The fraction of sp³-hybridized carbons (Fsp3) is 0.214. The Hall–Kier alpha value is -2.08. The second-order valence-corrected chi connectivity index (χ2v) is 5.20. The third kappa shape index (κ3) is 3.48. The van der Waals surface area contributed by atoms with Gasteiger partial charge in [0.15, 0.2) is 5.16 Å². The maximum Gasteiger partial charge on any atom is 0.251 e. The Bertz CT molecular complexity index is 630. The number of anilines is 1. The molecule has 5 nitrogen and oxygen atoms in total. The van der Waals surface area contributed by atoms with Gasteiger partial charge >= 0.3 is 0 Å². The lowest BCUT2D eigenvalue weighted by atomic mass is 10.2. The number of benzene rings is 1. The summed E-state index contributed by atoms with van der Waals surface area (Å²) in [6.07, 6.45) is 1.71. The van der Waals surface area contributed by atoms with E-state index in [4.69, 9.17) is 5.73 Å². The predicted octanol–water partition coefficient (Wildman–Crippen LogP) is 2.27. The van der Waals surface area contributed by atoms with Crippen LogP contribution in [0.5, 0.6) is 0 Å². The van der Waals surface area contributed by atoms with E-state index in [1.54, 1.807) is 18.3 Å². The molecule has 1 aromatic heterocycles. The number of nitrogen functional groups attached to an aromatic ring is 1. The normalized spacial score (nSPS) is 10.3. The maximum atomic E-state index is 11.7. The maximum absolute atomic E-state index is 11.7. The molecule has 104 valence electrons. The molecule has 2 rings (SSSR count). The minimum Gasteiger partial charge on any atom is -0.398 e. The van der Waals surface area contributed by atoms with Crippen molar-refractivity contribution in [2.24, 2.45) is 0 Å². The van der Waals surface area contributed by atoms with Crippen LogP contribution in [0.3, 0.4) is 0 Å². The van der Waals surface area contributed by atoms with Crippen LogP contribution in [-0.4, -0.2) is 22.4 Å². The molecule has 0 saturated heterocycles. The Morgan fingerprint density at radius 2 is 2.20 bits per heavy atom. The van der Waals surface area contributed by atoms with Crippen LogP contribution in [0.25, 0.3) is 0 Å². The highest BCUT2D eigenvalue weighted by atomic mass is 32.2. The van der Waals surface area contributed by atoms with Gasteiger partial charge in [-0.15, -0.1) is 0 Å². The van der Waals surface area contributed by atoms with Gasteiger partial charge < -0.3 is 11.1 Å². The van der Waals surface area contributed by atoms with Gasteiger partial charge in [0, 0.05) is 34.6 Å². The molecule has 0 aliphatic heterocycles. The largest absolute Gasteiger partial charge is 0.398 e. The molecule has 1 amide bonds. The zero-order valence-corrected chi connectivity index (χ0v) is 12.2. The van der Waals surface area contributed by atoms with Crippen molar-refractivity contribution in [3.05, 3.63) is 41.7 Å². The molecular weight excluding hydrogens is 272 g/mol. The molecule has 2 aromatic rings. The molecule has 0 atom stereocenters. The van der Waals surface area contributed by atoms with E-state index in [1.807, 2.05) is 26.0 Å². The van der Waals surface area contributed by atoms with Gasteiger partial charge in [-0.05, 0) is 49.9 Å². The number of rotatable bonds is 4. The van der Waals surface area contributed by atoms with E-state index in [-0.39, 0.29) is 5.91 Å². The summed E-state index contributed by atoms with van der Waals surface area (Å²) in [6.45, 7) is 4.38. The average Bonchev–Trinajstić information content (AvgIpc) is 2.41. The van der Waals surface area contributed by atoms with E-state index in [9.17, 15) is 4.79 Å². The first-order chi connectivity index (χ1) is 9.60. The van der Waals surface area contributed by atoms with Crippen molar-refractivity contribution in [2.45, 2.75) is 23.9 Å². The van der Waals surface area contributed by atoms with E-state index in [0.717, 1.165) is 10.6 Å². The Morgan fingerprint density at radius 3 is 2.85 bits per heavy atom. The number of aromatic nitrogens is 2. The van der Waals surface area contributed by atoms with Gasteiger partial charge in [-0.25, -0.2) is 9.97 Å². The first-order valence-corrected chi connectivity index (χ1v) is 7.07. The minimum absolute atomic E-state index is 0.123. The van der Waals surface area contributed by atoms with Crippen LogP contribution < -0.4 is 11.1 Å². The number of nitrogens with two attached hydrogens (primary N) is 1. The standard InChI is InChI=1S/C14H16N4OS/c1-3-16-13(19)10-4-5-12(11(15)8-10)20-14-17-7-6-9(2)18-14/h4-8H,3,15H2,1-2H3,(H,16,19). The second-order valence-electron chi connectivity index (χ2n) is 4.19. The molecule has 0 aliphatic carbocycles. The Balaban J connectivity index is 2.20. The molecule has 0 fully saturated rings. The summed E-state index contributed by atoms with van der Waals surface area (Å²) in [4.78, 5) is 21.0. The molecule has 3 N–H and O–H groups in total. The van der Waals surface area contributed by atoms with Crippen LogP contribution in [0.2, 0.25) is 0 Å². The van der Waals surface area contributed by atoms with Crippen LogP contribution in [-0.2, 0) is 0 Å². The smallest absolute Gasteiger partial charge is 0.251 e. The molecular formula is C14H16N4OS. The third-order valence-corrected chi connectivity index (χ3v) is 3.55. The molecule has 0 spiro atoms. The first-order valence-electron chi connectivity index (χ1n) is 6.25. The molecule has 1 heterocycles. The molecule has 1 aromatic carbocycles. The number of nitrogens with one attached hydrogen (secondary N) is 1. The minimum atomic E-state index is -0.123. The lowest BCUT2D eigenvalue weighted by Crippen LogP contribution is -2.22. The predicted molar refractivity (Wildman–Crippen MR) is 79.8 cm³/mol. The van der Waals surface area contributed by atoms with Crippen LogP contribution >= 0.6 is 11.8 Å². The first kappa shape index (κ1) is 14.3. The summed E-state index contributed by atoms with van der Waals surface area (Å²) in [5.74, 6) is -0.123. The summed E-state index contributed by atoms with van der Waals surface area (Å²) in [6, 6.07) is 7.07. The van der Waals surface area contributed by atoms with Crippen molar-refractivity contribution < 1.29 is 4.79 Å². The fourth-order valence-electron chi connectivity index (χ4n) is 1.62. The molecule has 0 unspecified atom stereocenters. The molecule has 0 radical (unpaired) electrons. The number of nitrogens with zero attached hydrogens (tertiary/aromatic N) is 2. The highest BCUT2D eigenvalue weighted by Gasteiger charge is 2.09. The number of amides is 1. The summed E-state index contributed by atoms with van der Waals surface area (Å²) in [7, 11) is 0. The summed E-state index contributed by atoms with van der Waals surface area (Å²) in [5, 5.41) is 3.38.